The summed E-state index contributed by atoms with van der Waals surface area (Å²) in [6, 6.07) is 0. The van der Waals surface area contributed by atoms with Crippen LogP contribution in [0.1, 0.15) is 32.1 Å². The van der Waals surface area contributed by atoms with Gasteiger partial charge in [0.25, 0.3) is 0 Å². The summed E-state index contributed by atoms with van der Waals surface area (Å²) < 4.78 is 5.22. The van der Waals surface area contributed by atoms with Crippen LogP contribution in [0, 0.1) is 11.3 Å². The fourth-order valence-corrected chi connectivity index (χ4v) is 3.01. The molecule has 104 valence electrons. The van der Waals surface area contributed by atoms with Gasteiger partial charge in [-0.3, -0.25) is 0 Å². The van der Waals surface area contributed by atoms with Gasteiger partial charge in [0.15, 0.2) is 0 Å². The molecule has 2 rings (SSSR count). The maximum absolute atomic E-state index is 8.66. The molecule has 1 aliphatic carbocycles. The van der Waals surface area contributed by atoms with Crippen LogP contribution in [0.2, 0.25) is 0 Å². The molecule has 5 heteroatoms. The molecule has 1 heterocycles. The maximum Gasteiger partial charge on any atom is 0.139 e. The quantitative estimate of drug-likeness (QED) is 0.324. The van der Waals surface area contributed by atoms with E-state index in [1.165, 1.54) is 25.7 Å². The highest BCUT2D eigenvalue weighted by molar-refractivity contribution is 5.80. The van der Waals surface area contributed by atoms with E-state index in [9.17, 15) is 0 Å². The van der Waals surface area contributed by atoms with Gasteiger partial charge < -0.3 is 20.6 Å². The molecule has 1 saturated carbocycles. The van der Waals surface area contributed by atoms with Crippen LogP contribution in [0.3, 0.4) is 0 Å². The summed E-state index contributed by atoms with van der Waals surface area (Å²) in [5, 5.41) is 11.8. The molecule has 0 atom stereocenters. The predicted molar refractivity (Wildman–Crippen MR) is 70.7 cm³/mol. The Hall–Kier alpha value is -0.810. The van der Waals surface area contributed by atoms with Crippen molar-refractivity contribution < 1.29 is 9.94 Å². The van der Waals surface area contributed by atoms with E-state index in [0.29, 0.717) is 11.3 Å². The Kier molecular flexibility index (Phi) is 4.45. The number of hydrogen-bond acceptors (Lipinski definition) is 4. The number of amidine groups is 1. The monoisotopic (exact) mass is 255 g/mol. The Morgan fingerprint density at radius 3 is 2.61 bits per heavy atom. The van der Waals surface area contributed by atoms with Gasteiger partial charge in [-0.15, -0.1) is 0 Å². The van der Waals surface area contributed by atoms with Gasteiger partial charge in [-0.25, -0.2) is 0 Å². The minimum Gasteiger partial charge on any atom is -0.409 e. The zero-order chi connectivity index (χ0) is 13.0. The first kappa shape index (κ1) is 13.6. The van der Waals surface area contributed by atoms with Gasteiger partial charge in [0.1, 0.15) is 5.84 Å². The Morgan fingerprint density at radius 1 is 1.44 bits per heavy atom. The first-order chi connectivity index (χ1) is 8.67. The molecule has 0 spiro atoms. The lowest BCUT2D eigenvalue weighted by Gasteiger charge is -2.34. The van der Waals surface area contributed by atoms with Crippen LogP contribution in [0.15, 0.2) is 5.16 Å². The zero-order valence-corrected chi connectivity index (χ0v) is 11.3. The molecule has 5 nitrogen and oxygen atoms in total. The minimum atomic E-state index is 0.296. The molecule has 1 saturated heterocycles. The van der Waals surface area contributed by atoms with Crippen molar-refractivity contribution in [2.24, 2.45) is 22.2 Å². The molecule has 0 aromatic carbocycles. The van der Waals surface area contributed by atoms with E-state index in [-0.39, 0.29) is 0 Å². The van der Waals surface area contributed by atoms with Crippen LogP contribution < -0.4 is 5.73 Å². The molecule has 3 N–H and O–H groups in total. The zero-order valence-electron chi connectivity index (χ0n) is 11.3. The smallest absolute Gasteiger partial charge is 0.139 e. The lowest BCUT2D eigenvalue weighted by molar-refractivity contribution is 0.0906. The third kappa shape index (κ3) is 3.59. The van der Waals surface area contributed by atoms with E-state index in [0.717, 1.165) is 38.6 Å². The normalized spacial score (nSPS) is 25.3. The molecule has 0 aromatic heterocycles. The van der Waals surface area contributed by atoms with E-state index >= 15 is 0 Å². The van der Waals surface area contributed by atoms with Crippen molar-refractivity contribution in [3.8, 4) is 0 Å². The van der Waals surface area contributed by atoms with Crippen molar-refractivity contribution in [1.82, 2.24) is 4.90 Å². The number of nitrogens with zero attached hydrogens (tertiary/aromatic N) is 2. The summed E-state index contributed by atoms with van der Waals surface area (Å²) in [4.78, 5) is 2.53. The lowest BCUT2D eigenvalue weighted by Crippen LogP contribution is -2.39. The van der Waals surface area contributed by atoms with Gasteiger partial charge >= 0.3 is 0 Å². The molecule has 2 fully saturated rings. The number of piperidine rings is 1. The highest BCUT2D eigenvalue weighted by Gasteiger charge is 2.44. The van der Waals surface area contributed by atoms with Gasteiger partial charge in [0.2, 0.25) is 0 Å². The Bertz CT molecular complexity index is 295. The fraction of sp³-hybridized carbons (Fsp3) is 0.923. The second-order valence-electron chi connectivity index (χ2n) is 5.94. The number of likely N-dealkylation sites (tertiary alicyclic amines) is 1. The van der Waals surface area contributed by atoms with E-state index in [1.54, 1.807) is 7.11 Å². The van der Waals surface area contributed by atoms with Crippen molar-refractivity contribution in [3.63, 3.8) is 0 Å². The Morgan fingerprint density at radius 2 is 2.11 bits per heavy atom. The van der Waals surface area contributed by atoms with E-state index in [1.807, 2.05) is 0 Å². The first-order valence-electron chi connectivity index (χ1n) is 6.85. The average Bonchev–Trinajstić information content (AvgIpc) is 3.11. The fourth-order valence-electron chi connectivity index (χ4n) is 3.01. The van der Waals surface area contributed by atoms with Crippen LogP contribution >= 0.6 is 0 Å². The molecule has 2 aliphatic rings. The summed E-state index contributed by atoms with van der Waals surface area (Å²) in [5.41, 5.74) is 5.93. The largest absolute Gasteiger partial charge is 0.409 e. The Balaban J connectivity index is 1.74. The SMILES string of the molecule is COCC1CCN(CC2(CC(N)=NO)CC2)CC1. The second-order valence-corrected chi connectivity index (χ2v) is 5.94. The Labute approximate surface area is 109 Å². The topological polar surface area (TPSA) is 71.1 Å². The van der Waals surface area contributed by atoms with Gasteiger partial charge in [0.05, 0.1) is 0 Å². The molecule has 0 radical (unpaired) electrons. The number of hydrogen-bond donors (Lipinski definition) is 2. The summed E-state index contributed by atoms with van der Waals surface area (Å²) in [6.07, 6.45) is 5.62. The van der Waals surface area contributed by atoms with Crippen molar-refractivity contribution in [3.05, 3.63) is 0 Å². The van der Waals surface area contributed by atoms with E-state index in [4.69, 9.17) is 15.7 Å². The van der Waals surface area contributed by atoms with Crippen LogP contribution in [0.25, 0.3) is 0 Å². The van der Waals surface area contributed by atoms with Crippen molar-refractivity contribution >= 4 is 5.84 Å². The van der Waals surface area contributed by atoms with Crippen molar-refractivity contribution in [1.29, 1.82) is 0 Å². The third-order valence-electron chi connectivity index (χ3n) is 4.31. The molecular formula is C13H25N3O2. The van der Waals surface area contributed by atoms with Crippen LogP contribution in [-0.4, -0.2) is 49.3 Å². The van der Waals surface area contributed by atoms with Crippen LogP contribution in [0.4, 0.5) is 0 Å². The summed E-state index contributed by atoms with van der Waals surface area (Å²) in [6.45, 7) is 4.31. The number of ether oxygens (including phenoxy) is 1. The number of oxime groups is 1. The van der Waals surface area contributed by atoms with Crippen LogP contribution in [0.5, 0.6) is 0 Å². The highest BCUT2D eigenvalue weighted by Crippen LogP contribution is 2.49. The van der Waals surface area contributed by atoms with Crippen LogP contribution in [-0.2, 0) is 4.74 Å². The van der Waals surface area contributed by atoms with Gasteiger partial charge in [-0.1, -0.05) is 5.16 Å². The number of methoxy groups -OCH3 is 1. The summed E-state index contributed by atoms with van der Waals surface area (Å²) >= 11 is 0. The molecule has 0 unspecified atom stereocenters. The minimum absolute atomic E-state index is 0.296. The number of nitrogens with two attached hydrogens (primary N) is 1. The highest BCUT2D eigenvalue weighted by atomic mass is 16.5. The summed E-state index contributed by atoms with van der Waals surface area (Å²) in [5.74, 6) is 1.10. The first-order valence-corrected chi connectivity index (χ1v) is 6.85. The molecule has 0 aromatic rings. The van der Waals surface area contributed by atoms with E-state index in [2.05, 4.69) is 10.1 Å². The predicted octanol–water partition coefficient (Wildman–Crippen LogP) is 1.26. The van der Waals surface area contributed by atoms with Crippen molar-refractivity contribution in [2.75, 3.05) is 33.4 Å². The van der Waals surface area contributed by atoms with Gasteiger partial charge in [-0.2, -0.15) is 0 Å². The molecule has 0 amide bonds. The maximum atomic E-state index is 8.66. The van der Waals surface area contributed by atoms with Gasteiger partial charge in [-0.05, 0) is 50.1 Å². The second kappa shape index (κ2) is 5.89. The summed E-state index contributed by atoms with van der Waals surface area (Å²) in [7, 11) is 1.78. The molecule has 0 bridgehead atoms. The lowest BCUT2D eigenvalue weighted by atomic mass is 9.95. The number of rotatable bonds is 6. The standard InChI is InChI=1S/C13H25N3O2/c1-18-9-11-2-6-16(7-3-11)10-13(4-5-13)8-12(14)15-17/h11,17H,2-10H2,1H3,(H2,14,15). The molecule has 1 aliphatic heterocycles. The van der Waals surface area contributed by atoms with Gasteiger partial charge in [0, 0.05) is 26.7 Å². The molecular weight excluding hydrogens is 230 g/mol. The average molecular weight is 255 g/mol. The molecule has 18 heavy (non-hydrogen) atoms. The third-order valence-corrected chi connectivity index (χ3v) is 4.31. The van der Waals surface area contributed by atoms with E-state index < -0.39 is 0 Å². The van der Waals surface area contributed by atoms with Crippen molar-refractivity contribution in [2.45, 2.75) is 32.1 Å².